The van der Waals surface area contributed by atoms with Gasteiger partial charge >= 0.3 is 6.15 Å². The van der Waals surface area contributed by atoms with Gasteiger partial charge in [0, 0.05) is 11.8 Å². The van der Waals surface area contributed by atoms with Crippen molar-refractivity contribution in [3.05, 3.63) is 12.7 Å². The first-order valence-corrected chi connectivity index (χ1v) is 7.49. The second kappa shape index (κ2) is 6.49. The van der Waals surface area contributed by atoms with Crippen molar-refractivity contribution in [2.45, 2.75) is 47.0 Å². The summed E-state index contributed by atoms with van der Waals surface area (Å²) in [5.74, 6) is 2.65. The van der Waals surface area contributed by atoms with E-state index >= 15 is 0 Å². The normalized spacial score (nSPS) is 43.6. The van der Waals surface area contributed by atoms with Gasteiger partial charge in [-0.3, -0.25) is 4.79 Å². The molecular formula is C17H26O3. The molecule has 0 bridgehead atoms. The predicted octanol–water partition coefficient (Wildman–Crippen LogP) is 3.50. The molecule has 3 nitrogen and oxygen atoms in total. The molecule has 0 unspecified atom stereocenters. The third-order valence-corrected chi connectivity index (χ3v) is 5.79. The number of carbonyl (C=O) groups excluding carboxylic acids is 3. The molecule has 2 saturated carbocycles. The molecule has 6 atom stereocenters. The lowest BCUT2D eigenvalue weighted by Gasteiger charge is -2.54. The van der Waals surface area contributed by atoms with E-state index in [1.165, 1.54) is 12.8 Å². The van der Waals surface area contributed by atoms with Crippen molar-refractivity contribution in [3.8, 4) is 0 Å². The minimum Gasteiger partial charge on any atom is -0.299 e. The van der Waals surface area contributed by atoms with Crippen molar-refractivity contribution in [1.29, 1.82) is 0 Å². The number of allylic oxidation sites excluding steroid dienone is 1. The van der Waals surface area contributed by atoms with E-state index in [1.807, 2.05) is 0 Å². The van der Waals surface area contributed by atoms with E-state index in [9.17, 15) is 4.79 Å². The van der Waals surface area contributed by atoms with Gasteiger partial charge in [-0.25, -0.2) is 0 Å². The molecule has 0 radical (unpaired) electrons. The topological polar surface area (TPSA) is 51.2 Å². The number of rotatable bonds is 1. The van der Waals surface area contributed by atoms with Gasteiger partial charge in [0.1, 0.15) is 5.78 Å². The smallest absolute Gasteiger partial charge is 0.299 e. The van der Waals surface area contributed by atoms with Crippen LogP contribution in [0.15, 0.2) is 12.7 Å². The third-order valence-electron chi connectivity index (χ3n) is 5.79. The highest BCUT2D eigenvalue weighted by atomic mass is 16.2. The van der Waals surface area contributed by atoms with Gasteiger partial charge in [0.25, 0.3) is 0 Å². The van der Waals surface area contributed by atoms with Gasteiger partial charge in [0.05, 0.1) is 0 Å². The molecule has 3 heteroatoms. The highest BCUT2D eigenvalue weighted by Crippen LogP contribution is 2.56. The minimum absolute atomic E-state index is 0.217. The second-order valence-electron chi connectivity index (χ2n) is 6.84. The summed E-state index contributed by atoms with van der Waals surface area (Å²) in [7, 11) is 0. The molecule has 2 aliphatic rings. The lowest BCUT2D eigenvalue weighted by Crippen LogP contribution is -2.53. The molecule has 0 aromatic carbocycles. The Bertz CT molecular complexity index is 408. The molecule has 0 N–H and O–H groups in total. The van der Waals surface area contributed by atoms with Crippen molar-refractivity contribution in [1.82, 2.24) is 0 Å². The summed E-state index contributed by atoms with van der Waals surface area (Å²) in [6, 6.07) is 0. The Hall–Kier alpha value is -1.21. The van der Waals surface area contributed by atoms with Crippen molar-refractivity contribution >= 4 is 11.9 Å². The Morgan fingerprint density at radius 3 is 2.35 bits per heavy atom. The maximum Gasteiger partial charge on any atom is 0.373 e. The van der Waals surface area contributed by atoms with Gasteiger partial charge in [-0.15, -0.1) is 6.58 Å². The van der Waals surface area contributed by atoms with Crippen LogP contribution in [0, 0.1) is 35.0 Å². The Labute approximate surface area is 121 Å². The maximum atomic E-state index is 12.6. The monoisotopic (exact) mass is 278 g/mol. The molecule has 2 aliphatic carbocycles. The SMILES string of the molecule is C=C[C@H]1[C@H](C)CC[C@@]2(C)[C@H](C)C[C@H](C)C(=O)[C@H]12.O=C=O. The first-order valence-electron chi connectivity index (χ1n) is 7.49. The number of hydrogen-bond donors (Lipinski definition) is 0. The molecule has 0 aromatic rings. The van der Waals surface area contributed by atoms with Crippen LogP contribution in [-0.2, 0) is 14.4 Å². The second-order valence-corrected chi connectivity index (χ2v) is 6.84. The molecule has 2 rings (SSSR count). The zero-order chi connectivity index (χ0) is 15.5. The van der Waals surface area contributed by atoms with Crippen LogP contribution < -0.4 is 0 Å². The van der Waals surface area contributed by atoms with Gasteiger partial charge in [-0.1, -0.05) is 33.8 Å². The summed E-state index contributed by atoms with van der Waals surface area (Å²) in [5.41, 5.74) is 0.217. The molecule has 0 spiro atoms. The summed E-state index contributed by atoms with van der Waals surface area (Å²) >= 11 is 0. The first-order chi connectivity index (χ1) is 9.33. The molecule has 0 saturated heterocycles. The zero-order valence-corrected chi connectivity index (χ0v) is 13.0. The van der Waals surface area contributed by atoms with Gasteiger partial charge in [-0.05, 0) is 42.4 Å². The number of ketones is 1. The quantitative estimate of drug-likeness (QED) is 0.690. The summed E-state index contributed by atoms with van der Waals surface area (Å²) in [6.45, 7) is 13.1. The Morgan fingerprint density at radius 1 is 1.30 bits per heavy atom. The predicted molar refractivity (Wildman–Crippen MR) is 76.6 cm³/mol. The fourth-order valence-electron chi connectivity index (χ4n) is 4.31. The average Bonchev–Trinajstić information content (AvgIpc) is 2.39. The highest BCUT2D eigenvalue weighted by molar-refractivity contribution is 5.85. The Morgan fingerprint density at radius 2 is 1.85 bits per heavy atom. The number of fused-ring (bicyclic) bond motifs is 1. The van der Waals surface area contributed by atoms with Crippen molar-refractivity contribution in [3.63, 3.8) is 0 Å². The molecule has 0 aliphatic heterocycles. The van der Waals surface area contributed by atoms with Gasteiger partial charge in [-0.2, -0.15) is 9.59 Å². The fourth-order valence-corrected chi connectivity index (χ4v) is 4.31. The molecular weight excluding hydrogens is 252 g/mol. The molecule has 0 heterocycles. The van der Waals surface area contributed by atoms with E-state index in [1.54, 1.807) is 0 Å². The van der Waals surface area contributed by atoms with E-state index < -0.39 is 0 Å². The first kappa shape index (κ1) is 16.8. The van der Waals surface area contributed by atoms with Crippen LogP contribution in [0.2, 0.25) is 0 Å². The molecule has 2 fully saturated rings. The largest absolute Gasteiger partial charge is 0.373 e. The van der Waals surface area contributed by atoms with Crippen LogP contribution in [-0.4, -0.2) is 11.9 Å². The van der Waals surface area contributed by atoms with Gasteiger partial charge in [0.2, 0.25) is 0 Å². The van der Waals surface area contributed by atoms with E-state index in [-0.39, 0.29) is 23.4 Å². The summed E-state index contributed by atoms with van der Waals surface area (Å²) in [4.78, 5) is 28.8. The van der Waals surface area contributed by atoms with E-state index in [0.29, 0.717) is 23.5 Å². The number of carbonyl (C=O) groups is 1. The summed E-state index contributed by atoms with van der Waals surface area (Å²) in [5, 5.41) is 0. The third kappa shape index (κ3) is 2.78. The van der Waals surface area contributed by atoms with Gasteiger partial charge < -0.3 is 0 Å². The zero-order valence-electron chi connectivity index (χ0n) is 13.0. The summed E-state index contributed by atoms with van der Waals surface area (Å²) in [6.07, 6.45) is 5.83. The Kier molecular flexibility index (Phi) is 5.47. The van der Waals surface area contributed by atoms with E-state index in [2.05, 4.69) is 40.3 Å². The maximum absolute atomic E-state index is 12.6. The lowest BCUT2D eigenvalue weighted by molar-refractivity contribution is -0.191. The highest BCUT2D eigenvalue weighted by Gasteiger charge is 2.54. The Balaban J connectivity index is 0.000000612. The number of hydrogen-bond acceptors (Lipinski definition) is 3. The average molecular weight is 278 g/mol. The minimum atomic E-state index is 0.217. The molecule has 0 aromatic heterocycles. The fraction of sp³-hybridized carbons (Fsp3) is 0.765. The van der Waals surface area contributed by atoms with Crippen LogP contribution in [0.25, 0.3) is 0 Å². The molecule has 20 heavy (non-hydrogen) atoms. The van der Waals surface area contributed by atoms with Crippen LogP contribution in [0.4, 0.5) is 0 Å². The number of Topliss-reactive ketones (excluding diaryl/α,β-unsaturated/α-hetero) is 1. The molecule has 112 valence electrons. The van der Waals surface area contributed by atoms with Crippen LogP contribution in [0.5, 0.6) is 0 Å². The van der Waals surface area contributed by atoms with Crippen LogP contribution in [0.1, 0.15) is 47.0 Å². The van der Waals surface area contributed by atoms with Crippen molar-refractivity contribution in [2.75, 3.05) is 0 Å². The van der Waals surface area contributed by atoms with E-state index in [4.69, 9.17) is 9.59 Å². The van der Waals surface area contributed by atoms with Crippen LogP contribution >= 0.6 is 0 Å². The lowest BCUT2D eigenvalue weighted by atomic mass is 9.49. The summed E-state index contributed by atoms with van der Waals surface area (Å²) < 4.78 is 0. The van der Waals surface area contributed by atoms with Crippen molar-refractivity contribution < 1.29 is 14.4 Å². The molecule has 0 amide bonds. The van der Waals surface area contributed by atoms with Crippen LogP contribution in [0.3, 0.4) is 0 Å². The van der Waals surface area contributed by atoms with Crippen molar-refractivity contribution in [2.24, 2.45) is 35.0 Å². The van der Waals surface area contributed by atoms with Gasteiger partial charge in [0.15, 0.2) is 0 Å². The standard InChI is InChI=1S/C16H26O.CO2/c1-6-13-10(2)7-8-16(5)12(4)9-11(3)15(17)14(13)16;2-1-3/h6,10-14H,1,7-9H2,2-5H3;/t10-,11+,12-,13+,14+,16+;/m1./s1. The van der Waals surface area contributed by atoms with E-state index in [0.717, 1.165) is 6.42 Å².